The van der Waals surface area contributed by atoms with Gasteiger partial charge in [-0.25, -0.2) is 9.59 Å². The SMILES string of the molecule is CCCCOC(=O)C1=C(N)N2C(=O)[C@H](C)SC2=C(C(=O)OCC)[C@@H]1c1ccc(Cl)cc1. The Morgan fingerprint density at radius 1 is 1.13 bits per heavy atom. The van der Waals surface area contributed by atoms with E-state index in [0.29, 0.717) is 22.0 Å². The van der Waals surface area contributed by atoms with E-state index in [1.807, 2.05) is 6.92 Å². The van der Waals surface area contributed by atoms with Gasteiger partial charge in [-0.3, -0.25) is 9.69 Å². The average Bonchev–Trinajstić information content (AvgIpc) is 3.03. The number of unbranched alkanes of at least 4 members (excludes halogenated alkanes) is 1. The van der Waals surface area contributed by atoms with E-state index in [2.05, 4.69) is 0 Å². The van der Waals surface area contributed by atoms with Crippen molar-refractivity contribution in [3.8, 4) is 0 Å². The molecule has 2 atom stereocenters. The first-order valence-electron chi connectivity index (χ1n) is 10.2. The van der Waals surface area contributed by atoms with E-state index in [4.69, 9.17) is 26.8 Å². The fourth-order valence-corrected chi connectivity index (χ4v) is 4.80. The van der Waals surface area contributed by atoms with Crippen LogP contribution in [0.2, 0.25) is 5.02 Å². The number of carbonyl (C=O) groups is 3. The van der Waals surface area contributed by atoms with Crippen molar-refractivity contribution in [2.24, 2.45) is 5.73 Å². The Morgan fingerprint density at radius 3 is 2.39 bits per heavy atom. The van der Waals surface area contributed by atoms with Crippen molar-refractivity contribution in [2.45, 2.75) is 44.8 Å². The van der Waals surface area contributed by atoms with E-state index in [1.54, 1.807) is 38.1 Å². The molecule has 1 saturated heterocycles. The van der Waals surface area contributed by atoms with Gasteiger partial charge in [0.25, 0.3) is 0 Å². The van der Waals surface area contributed by atoms with Gasteiger partial charge in [-0.2, -0.15) is 0 Å². The number of nitrogens with zero attached hydrogens (tertiary/aromatic N) is 1. The maximum atomic E-state index is 13.1. The Balaban J connectivity index is 2.21. The standard InChI is InChI=1S/C22H25ClN2O5S/c1-4-6-11-30-21(27)16-15(13-7-9-14(23)10-8-13)17(22(28)29-5-2)20-25(18(16)24)19(26)12(3)31-20/h7-10,12,15H,4-6,11,24H2,1-3H3/t12-,15+/m0/s1. The van der Waals surface area contributed by atoms with Crippen LogP contribution in [0, 0.1) is 0 Å². The van der Waals surface area contributed by atoms with Gasteiger partial charge >= 0.3 is 11.9 Å². The lowest BCUT2D eigenvalue weighted by Crippen LogP contribution is -2.40. The molecule has 0 aromatic heterocycles. The summed E-state index contributed by atoms with van der Waals surface area (Å²) in [6.07, 6.45) is 1.53. The minimum atomic E-state index is -0.845. The van der Waals surface area contributed by atoms with Crippen molar-refractivity contribution in [3.05, 3.63) is 56.8 Å². The molecule has 1 aromatic carbocycles. The van der Waals surface area contributed by atoms with E-state index >= 15 is 0 Å². The van der Waals surface area contributed by atoms with E-state index in [1.165, 1.54) is 16.7 Å². The van der Waals surface area contributed by atoms with Crippen LogP contribution in [0.1, 0.15) is 45.1 Å². The zero-order valence-corrected chi connectivity index (χ0v) is 19.2. The molecular weight excluding hydrogens is 440 g/mol. The van der Waals surface area contributed by atoms with Gasteiger partial charge in [-0.05, 0) is 38.0 Å². The molecule has 2 heterocycles. The van der Waals surface area contributed by atoms with Crippen LogP contribution >= 0.6 is 23.4 Å². The molecule has 3 rings (SSSR count). The molecule has 0 bridgehead atoms. The highest BCUT2D eigenvalue weighted by Gasteiger charge is 2.49. The molecule has 2 N–H and O–H groups in total. The van der Waals surface area contributed by atoms with Crippen molar-refractivity contribution in [2.75, 3.05) is 13.2 Å². The summed E-state index contributed by atoms with van der Waals surface area (Å²) in [4.78, 5) is 40.3. The van der Waals surface area contributed by atoms with Crippen LogP contribution in [0.25, 0.3) is 0 Å². The first-order chi connectivity index (χ1) is 14.8. The lowest BCUT2D eigenvalue weighted by atomic mass is 9.82. The van der Waals surface area contributed by atoms with E-state index in [-0.39, 0.29) is 36.1 Å². The second-order valence-corrected chi connectivity index (χ2v) is 8.91. The van der Waals surface area contributed by atoms with Crippen LogP contribution in [-0.4, -0.2) is 41.2 Å². The van der Waals surface area contributed by atoms with Gasteiger partial charge in [0.15, 0.2) is 0 Å². The summed E-state index contributed by atoms with van der Waals surface area (Å²) < 4.78 is 10.8. The number of esters is 2. The fourth-order valence-electron chi connectivity index (χ4n) is 3.51. The third-order valence-corrected chi connectivity index (χ3v) is 6.47. The number of ether oxygens (including phenoxy) is 2. The molecule has 0 saturated carbocycles. The summed E-state index contributed by atoms with van der Waals surface area (Å²) in [7, 11) is 0. The molecule has 166 valence electrons. The quantitative estimate of drug-likeness (QED) is 0.485. The number of carbonyl (C=O) groups excluding carboxylic acids is 3. The highest BCUT2D eigenvalue weighted by molar-refractivity contribution is 8.04. The van der Waals surface area contributed by atoms with E-state index < -0.39 is 23.1 Å². The summed E-state index contributed by atoms with van der Waals surface area (Å²) in [5.74, 6) is -2.44. The molecule has 0 spiro atoms. The summed E-state index contributed by atoms with van der Waals surface area (Å²) in [6, 6.07) is 6.78. The molecule has 2 aliphatic heterocycles. The third-order valence-electron chi connectivity index (χ3n) is 5.03. The molecule has 0 unspecified atom stereocenters. The van der Waals surface area contributed by atoms with Gasteiger partial charge < -0.3 is 15.2 Å². The number of nitrogens with two attached hydrogens (primary N) is 1. The number of rotatable bonds is 7. The van der Waals surface area contributed by atoms with E-state index in [0.717, 1.165) is 6.42 Å². The maximum absolute atomic E-state index is 13.1. The van der Waals surface area contributed by atoms with Gasteiger partial charge in [0.2, 0.25) is 5.91 Å². The van der Waals surface area contributed by atoms with E-state index in [9.17, 15) is 14.4 Å². The molecule has 1 amide bonds. The van der Waals surface area contributed by atoms with Crippen LogP contribution in [0.3, 0.4) is 0 Å². The average molecular weight is 465 g/mol. The van der Waals surface area contributed by atoms with Gasteiger partial charge in [0.05, 0.1) is 40.6 Å². The first-order valence-corrected chi connectivity index (χ1v) is 11.4. The summed E-state index contributed by atoms with van der Waals surface area (Å²) >= 11 is 7.27. The lowest BCUT2D eigenvalue weighted by Gasteiger charge is -2.33. The Labute approximate surface area is 190 Å². The highest BCUT2D eigenvalue weighted by Crippen LogP contribution is 2.49. The molecule has 0 radical (unpaired) electrons. The van der Waals surface area contributed by atoms with Gasteiger partial charge in [0.1, 0.15) is 5.82 Å². The molecule has 9 heteroatoms. The lowest BCUT2D eigenvalue weighted by molar-refractivity contribution is -0.140. The van der Waals surface area contributed by atoms with Crippen LogP contribution < -0.4 is 5.73 Å². The molecule has 1 fully saturated rings. The Hall–Kier alpha value is -2.45. The number of hydrogen-bond acceptors (Lipinski definition) is 7. The Morgan fingerprint density at radius 2 is 1.77 bits per heavy atom. The number of fused-ring (bicyclic) bond motifs is 1. The number of amides is 1. The van der Waals surface area contributed by atoms with Crippen LogP contribution in [0.15, 0.2) is 46.3 Å². The predicted octanol–water partition coefficient (Wildman–Crippen LogP) is 3.69. The molecule has 7 nitrogen and oxygen atoms in total. The van der Waals surface area contributed by atoms with Crippen molar-refractivity contribution < 1.29 is 23.9 Å². The monoisotopic (exact) mass is 464 g/mol. The van der Waals surface area contributed by atoms with Crippen LogP contribution in [0.4, 0.5) is 0 Å². The van der Waals surface area contributed by atoms with Crippen molar-refractivity contribution in [3.63, 3.8) is 0 Å². The number of thioether (sulfide) groups is 1. The van der Waals surface area contributed by atoms with Crippen molar-refractivity contribution in [1.82, 2.24) is 4.90 Å². The molecule has 1 aromatic rings. The second-order valence-electron chi connectivity index (χ2n) is 7.15. The molecular formula is C22H25ClN2O5S. The fraction of sp³-hybridized carbons (Fsp3) is 0.409. The summed E-state index contributed by atoms with van der Waals surface area (Å²) in [6.45, 7) is 5.76. The normalized spacial score (nSPS) is 20.8. The van der Waals surface area contributed by atoms with Gasteiger partial charge in [-0.15, -0.1) is 0 Å². The Kier molecular flexibility index (Phi) is 7.33. The first kappa shape index (κ1) is 23.2. The van der Waals surface area contributed by atoms with Crippen molar-refractivity contribution >= 4 is 41.2 Å². The second kappa shape index (κ2) is 9.78. The van der Waals surface area contributed by atoms with Gasteiger partial charge in [-0.1, -0.05) is 48.8 Å². The number of benzene rings is 1. The molecule has 31 heavy (non-hydrogen) atoms. The molecule has 2 aliphatic rings. The smallest absolute Gasteiger partial charge is 0.338 e. The topological polar surface area (TPSA) is 98.9 Å². The number of hydrogen-bond donors (Lipinski definition) is 1. The zero-order valence-electron chi connectivity index (χ0n) is 17.6. The number of halogens is 1. The third kappa shape index (κ3) is 4.45. The molecule has 0 aliphatic carbocycles. The highest BCUT2D eigenvalue weighted by atomic mass is 35.5. The van der Waals surface area contributed by atoms with Gasteiger partial charge in [0, 0.05) is 5.02 Å². The summed E-state index contributed by atoms with van der Waals surface area (Å²) in [5.41, 5.74) is 7.24. The maximum Gasteiger partial charge on any atom is 0.338 e. The van der Waals surface area contributed by atoms with Crippen LogP contribution in [-0.2, 0) is 23.9 Å². The minimum Gasteiger partial charge on any atom is -0.463 e. The van der Waals surface area contributed by atoms with Crippen molar-refractivity contribution in [1.29, 1.82) is 0 Å². The minimum absolute atomic E-state index is 0.0219. The van der Waals surface area contributed by atoms with Crippen LogP contribution in [0.5, 0.6) is 0 Å². The predicted molar refractivity (Wildman–Crippen MR) is 119 cm³/mol. The summed E-state index contributed by atoms with van der Waals surface area (Å²) in [5, 5.41) is 0.437. The Bertz CT molecular complexity index is 957. The zero-order chi connectivity index (χ0) is 22.7. The largest absolute Gasteiger partial charge is 0.463 e.